The fourth-order valence-electron chi connectivity index (χ4n) is 2.17. The first kappa shape index (κ1) is 15.3. The molecule has 0 radical (unpaired) electrons. The van der Waals surface area contributed by atoms with Crippen molar-refractivity contribution in [2.75, 3.05) is 6.54 Å². The van der Waals surface area contributed by atoms with E-state index in [2.05, 4.69) is 22.8 Å². The molecule has 0 aliphatic rings. The van der Waals surface area contributed by atoms with Crippen molar-refractivity contribution >= 4 is 5.91 Å². The van der Waals surface area contributed by atoms with Gasteiger partial charge in [0.2, 0.25) is 5.91 Å². The minimum absolute atomic E-state index is 0.0489. The van der Waals surface area contributed by atoms with Crippen LogP contribution in [-0.4, -0.2) is 12.5 Å². The highest BCUT2D eigenvalue weighted by atomic mass is 16.1. The topological polar surface area (TPSA) is 41.1 Å². The Morgan fingerprint density at radius 3 is 2.29 bits per heavy atom. The van der Waals surface area contributed by atoms with Crippen LogP contribution in [0.5, 0.6) is 0 Å². The largest absolute Gasteiger partial charge is 0.350 e. The maximum absolute atomic E-state index is 11.9. The van der Waals surface area contributed by atoms with Crippen LogP contribution >= 0.6 is 0 Å². The van der Waals surface area contributed by atoms with E-state index < -0.39 is 0 Å². The lowest BCUT2D eigenvalue weighted by molar-refractivity contribution is -0.121. The third-order valence-corrected chi connectivity index (χ3v) is 3.38. The van der Waals surface area contributed by atoms with Gasteiger partial charge in [-0.05, 0) is 18.1 Å². The second kappa shape index (κ2) is 8.22. The van der Waals surface area contributed by atoms with E-state index in [-0.39, 0.29) is 11.9 Å². The van der Waals surface area contributed by atoms with Gasteiger partial charge in [-0.2, -0.15) is 0 Å². The van der Waals surface area contributed by atoms with Gasteiger partial charge in [0.05, 0.1) is 6.04 Å². The maximum Gasteiger partial charge on any atom is 0.221 e. The van der Waals surface area contributed by atoms with Gasteiger partial charge in [-0.15, -0.1) is 0 Å². The molecular formula is C18H22N2O. The SMILES string of the molecule is C[C@@H](NC(=O)CCNCc1ccccc1)c1ccccc1. The zero-order valence-corrected chi connectivity index (χ0v) is 12.4. The molecule has 0 saturated heterocycles. The summed E-state index contributed by atoms with van der Waals surface area (Å²) >= 11 is 0. The summed E-state index contributed by atoms with van der Waals surface area (Å²) in [6.07, 6.45) is 0.490. The van der Waals surface area contributed by atoms with E-state index in [0.717, 1.165) is 12.1 Å². The van der Waals surface area contributed by atoms with E-state index in [0.29, 0.717) is 13.0 Å². The smallest absolute Gasteiger partial charge is 0.221 e. The molecule has 0 spiro atoms. The van der Waals surface area contributed by atoms with E-state index in [4.69, 9.17) is 0 Å². The molecule has 1 atom stereocenters. The number of carbonyl (C=O) groups is 1. The van der Waals surface area contributed by atoms with Crippen molar-refractivity contribution in [2.24, 2.45) is 0 Å². The first-order chi connectivity index (χ1) is 10.3. The number of benzene rings is 2. The Balaban J connectivity index is 1.66. The monoisotopic (exact) mass is 282 g/mol. The molecule has 0 unspecified atom stereocenters. The molecule has 0 aromatic heterocycles. The highest BCUT2D eigenvalue weighted by Crippen LogP contribution is 2.10. The molecule has 2 rings (SSSR count). The average Bonchev–Trinajstić information content (AvgIpc) is 2.53. The number of hydrogen-bond acceptors (Lipinski definition) is 2. The van der Waals surface area contributed by atoms with Gasteiger partial charge in [0.15, 0.2) is 0 Å². The number of rotatable bonds is 7. The summed E-state index contributed by atoms with van der Waals surface area (Å²) in [4.78, 5) is 11.9. The maximum atomic E-state index is 11.9. The quantitative estimate of drug-likeness (QED) is 0.766. The number of carbonyl (C=O) groups excluding carboxylic acids is 1. The molecule has 2 aromatic carbocycles. The molecule has 3 nitrogen and oxygen atoms in total. The van der Waals surface area contributed by atoms with Crippen LogP contribution in [0.3, 0.4) is 0 Å². The molecular weight excluding hydrogens is 260 g/mol. The molecule has 0 fully saturated rings. The van der Waals surface area contributed by atoms with Gasteiger partial charge >= 0.3 is 0 Å². The van der Waals surface area contributed by atoms with E-state index >= 15 is 0 Å². The fourth-order valence-corrected chi connectivity index (χ4v) is 2.17. The predicted molar refractivity (Wildman–Crippen MR) is 85.8 cm³/mol. The molecule has 0 aliphatic carbocycles. The number of nitrogens with one attached hydrogen (secondary N) is 2. The zero-order chi connectivity index (χ0) is 14.9. The summed E-state index contributed by atoms with van der Waals surface area (Å²) in [6, 6.07) is 20.2. The third kappa shape index (κ3) is 5.40. The average molecular weight is 282 g/mol. The normalized spacial score (nSPS) is 11.9. The number of amides is 1. The molecule has 2 aromatic rings. The van der Waals surface area contributed by atoms with E-state index in [1.165, 1.54) is 5.56 Å². The highest BCUT2D eigenvalue weighted by Gasteiger charge is 2.08. The highest BCUT2D eigenvalue weighted by molar-refractivity contribution is 5.76. The van der Waals surface area contributed by atoms with Crippen molar-refractivity contribution in [3.63, 3.8) is 0 Å². The Hall–Kier alpha value is -2.13. The van der Waals surface area contributed by atoms with Crippen LogP contribution in [0.2, 0.25) is 0 Å². The Bertz CT molecular complexity index is 540. The minimum Gasteiger partial charge on any atom is -0.350 e. The summed E-state index contributed by atoms with van der Waals surface area (Å²) < 4.78 is 0. The molecule has 1 amide bonds. The van der Waals surface area contributed by atoms with Crippen LogP contribution in [0.15, 0.2) is 60.7 Å². The van der Waals surface area contributed by atoms with Crippen LogP contribution in [0.4, 0.5) is 0 Å². The van der Waals surface area contributed by atoms with Gasteiger partial charge in [-0.1, -0.05) is 60.7 Å². The van der Waals surface area contributed by atoms with Crippen LogP contribution in [0.1, 0.15) is 30.5 Å². The summed E-state index contributed by atoms with van der Waals surface area (Å²) in [6.45, 7) is 3.48. The van der Waals surface area contributed by atoms with Crippen molar-refractivity contribution < 1.29 is 4.79 Å². The van der Waals surface area contributed by atoms with Gasteiger partial charge in [-0.3, -0.25) is 4.79 Å². The summed E-state index contributed by atoms with van der Waals surface area (Å²) in [5, 5.41) is 6.30. The Kier molecular flexibility index (Phi) is 5.98. The lowest BCUT2D eigenvalue weighted by Crippen LogP contribution is -2.29. The zero-order valence-electron chi connectivity index (χ0n) is 12.4. The third-order valence-electron chi connectivity index (χ3n) is 3.38. The molecule has 0 bridgehead atoms. The summed E-state index contributed by atoms with van der Waals surface area (Å²) in [5.41, 5.74) is 2.36. The predicted octanol–water partition coefficient (Wildman–Crippen LogP) is 3.04. The molecule has 0 saturated carbocycles. The minimum atomic E-state index is 0.0489. The van der Waals surface area contributed by atoms with E-state index in [1.807, 2.05) is 55.5 Å². The van der Waals surface area contributed by atoms with Crippen LogP contribution in [-0.2, 0) is 11.3 Å². The van der Waals surface area contributed by atoms with Crippen molar-refractivity contribution in [1.29, 1.82) is 0 Å². The Morgan fingerprint density at radius 2 is 1.62 bits per heavy atom. The fraction of sp³-hybridized carbons (Fsp3) is 0.278. The lowest BCUT2D eigenvalue weighted by Gasteiger charge is -2.14. The molecule has 0 heterocycles. The van der Waals surface area contributed by atoms with Gasteiger partial charge in [0, 0.05) is 19.5 Å². The van der Waals surface area contributed by atoms with Crippen molar-refractivity contribution in [1.82, 2.24) is 10.6 Å². The van der Waals surface area contributed by atoms with Crippen molar-refractivity contribution in [3.05, 3.63) is 71.8 Å². The molecule has 0 aliphatic heterocycles. The second-order valence-corrected chi connectivity index (χ2v) is 5.11. The molecule has 3 heteroatoms. The summed E-state index contributed by atoms with van der Waals surface area (Å²) in [5.74, 6) is 0.0758. The van der Waals surface area contributed by atoms with Crippen LogP contribution in [0, 0.1) is 0 Å². The standard InChI is InChI=1S/C18H22N2O/c1-15(17-10-6-3-7-11-17)20-18(21)12-13-19-14-16-8-4-2-5-9-16/h2-11,15,19H,12-14H2,1H3,(H,20,21)/t15-/m1/s1. The van der Waals surface area contributed by atoms with E-state index in [1.54, 1.807) is 0 Å². The Labute approximate surface area is 126 Å². The van der Waals surface area contributed by atoms with Crippen molar-refractivity contribution in [2.45, 2.75) is 25.9 Å². The second-order valence-electron chi connectivity index (χ2n) is 5.11. The van der Waals surface area contributed by atoms with Gasteiger partial charge in [-0.25, -0.2) is 0 Å². The van der Waals surface area contributed by atoms with Gasteiger partial charge < -0.3 is 10.6 Å². The molecule has 110 valence electrons. The van der Waals surface area contributed by atoms with Crippen molar-refractivity contribution in [3.8, 4) is 0 Å². The number of hydrogen-bond donors (Lipinski definition) is 2. The lowest BCUT2D eigenvalue weighted by atomic mass is 10.1. The van der Waals surface area contributed by atoms with Gasteiger partial charge in [0.25, 0.3) is 0 Å². The van der Waals surface area contributed by atoms with E-state index in [9.17, 15) is 4.79 Å². The van der Waals surface area contributed by atoms with Crippen LogP contribution < -0.4 is 10.6 Å². The van der Waals surface area contributed by atoms with Gasteiger partial charge in [0.1, 0.15) is 0 Å². The molecule has 21 heavy (non-hydrogen) atoms. The summed E-state index contributed by atoms with van der Waals surface area (Å²) in [7, 11) is 0. The van der Waals surface area contributed by atoms with Crippen LogP contribution in [0.25, 0.3) is 0 Å². The Morgan fingerprint density at radius 1 is 1.00 bits per heavy atom. The molecule has 2 N–H and O–H groups in total. The first-order valence-corrected chi connectivity index (χ1v) is 7.34. The first-order valence-electron chi connectivity index (χ1n) is 7.34.